The van der Waals surface area contributed by atoms with Gasteiger partial charge in [-0.1, -0.05) is 81.1 Å². The van der Waals surface area contributed by atoms with Crippen molar-refractivity contribution in [2.45, 2.75) is 83.5 Å². The summed E-state index contributed by atoms with van der Waals surface area (Å²) in [5, 5.41) is 2.02. The summed E-state index contributed by atoms with van der Waals surface area (Å²) in [6.45, 7) is 15.6. The Hall–Kier alpha value is -5.92. The number of aromatic nitrogens is 4. The number of para-hydroxylation sites is 2. The molecule has 0 saturated carbocycles. The third kappa shape index (κ3) is 9.63. The molecule has 0 aliphatic carbocycles. The van der Waals surface area contributed by atoms with Crippen molar-refractivity contribution in [2.75, 3.05) is 0 Å². The number of rotatable bonds is 9. The topological polar surface area (TPSA) is 56.7 Å². The van der Waals surface area contributed by atoms with E-state index in [4.69, 9.17) is 14.4 Å². The van der Waals surface area contributed by atoms with Gasteiger partial charge in [0.25, 0.3) is 0 Å². The monoisotopic (exact) mass is 1120 g/mol. The van der Waals surface area contributed by atoms with Crippen molar-refractivity contribution < 1.29 is 24.5 Å². The van der Waals surface area contributed by atoms with Crippen molar-refractivity contribution in [1.29, 1.82) is 0 Å². The molecule has 0 aliphatic heterocycles. The van der Waals surface area contributed by atoms with E-state index in [-0.39, 0.29) is 20.1 Å². The molecule has 0 N–H and O–H groups in total. The number of pyridine rings is 2. The number of hydrogen-bond acceptors (Lipinski definition) is 4. The fourth-order valence-electron chi connectivity index (χ4n) is 8.96. The van der Waals surface area contributed by atoms with Crippen LogP contribution in [0.25, 0.3) is 83.7 Å². The quantitative estimate of drug-likeness (QED) is 0.107. The van der Waals surface area contributed by atoms with Crippen molar-refractivity contribution >= 4 is 50.8 Å². The summed E-state index contributed by atoms with van der Waals surface area (Å²) in [7, 11) is 0. The smallest absolute Gasteiger partial charge is 0.216 e. The Kier molecular flexibility index (Phi) is 14.0. The second-order valence-electron chi connectivity index (χ2n) is 19.4. The molecule has 0 fully saturated rings. The molecule has 4 aromatic heterocycles. The zero-order valence-corrected chi connectivity index (χ0v) is 44.7. The van der Waals surface area contributed by atoms with Gasteiger partial charge >= 0.3 is 154 Å². The van der Waals surface area contributed by atoms with E-state index in [2.05, 4.69) is 196 Å². The molecular weight excluding hydrogens is 1060 g/mol. The van der Waals surface area contributed by atoms with Crippen molar-refractivity contribution in [1.82, 2.24) is 19.5 Å². The molecule has 0 atom stereocenters. The Bertz CT molecular complexity index is 3300. The molecule has 10 aromatic rings. The SMILES string of the molecule is CC(C)c1ccc(-c2cc(-c3[c-]cccc3)nc[c]2[Ge]([CH3])([CH3])[CH3])cc1.Cc1ccc2c(n1)oc1c(-c3nc4ccccc4n3-c3c(C(C)C)cc(-c4ccccc4)cc3C(C)C)[c-]ccc12.[Ir]. The molecule has 67 heavy (non-hydrogen) atoms. The summed E-state index contributed by atoms with van der Waals surface area (Å²) in [5.41, 5.74) is 17.5. The Balaban J connectivity index is 0.000000201. The van der Waals surface area contributed by atoms with E-state index < -0.39 is 13.3 Å². The maximum Gasteiger partial charge on any atom is 0.216 e. The van der Waals surface area contributed by atoms with Gasteiger partial charge in [0, 0.05) is 36.9 Å². The summed E-state index contributed by atoms with van der Waals surface area (Å²) in [6, 6.07) is 58.1. The van der Waals surface area contributed by atoms with Crippen LogP contribution < -0.4 is 4.40 Å². The largest absolute Gasteiger partial charge is 0.486 e. The summed E-state index contributed by atoms with van der Waals surface area (Å²) in [6.07, 6.45) is 2.11. The van der Waals surface area contributed by atoms with Crippen molar-refractivity contribution in [3.05, 3.63) is 186 Å². The predicted molar refractivity (Wildman–Crippen MR) is 280 cm³/mol. The average molecular weight is 1120 g/mol. The molecule has 10 rings (SSSR count). The van der Waals surface area contributed by atoms with Crippen molar-refractivity contribution in [3.8, 4) is 50.6 Å². The molecule has 0 unspecified atom stereocenters. The molecule has 0 bridgehead atoms. The van der Waals surface area contributed by atoms with Crippen LogP contribution in [0.1, 0.15) is 81.7 Å². The number of aryl methyl sites for hydroxylation is 1. The molecule has 5 nitrogen and oxygen atoms in total. The minimum atomic E-state index is -2.03. The third-order valence-corrected chi connectivity index (χ3v) is 16.8. The van der Waals surface area contributed by atoms with E-state index in [1.807, 2.05) is 43.3 Å². The number of fused-ring (bicyclic) bond motifs is 4. The van der Waals surface area contributed by atoms with Crippen LogP contribution >= 0.6 is 0 Å². The van der Waals surface area contributed by atoms with Crippen molar-refractivity contribution in [3.63, 3.8) is 0 Å². The Morgan fingerprint density at radius 3 is 1.96 bits per heavy atom. The first-order valence-electron chi connectivity index (χ1n) is 23.3. The first-order valence-corrected chi connectivity index (χ1v) is 30.6. The maximum atomic E-state index is 6.44. The van der Waals surface area contributed by atoms with Crippen LogP contribution in [0.3, 0.4) is 0 Å². The van der Waals surface area contributed by atoms with Gasteiger partial charge in [0.05, 0.1) is 22.4 Å². The van der Waals surface area contributed by atoms with Crippen LogP contribution in [0.2, 0.25) is 17.3 Å². The summed E-state index contributed by atoms with van der Waals surface area (Å²) in [4.78, 5) is 14.7. The molecule has 1 radical (unpaired) electrons. The minimum Gasteiger partial charge on any atom is -0.486 e. The molecule has 339 valence electrons. The molecule has 0 saturated heterocycles. The Morgan fingerprint density at radius 2 is 1.30 bits per heavy atom. The van der Waals surface area contributed by atoms with Crippen LogP contribution in [-0.2, 0) is 20.1 Å². The van der Waals surface area contributed by atoms with Crippen LogP contribution in [0.15, 0.2) is 156 Å². The molecule has 0 spiro atoms. The van der Waals surface area contributed by atoms with Crippen LogP contribution in [0, 0.1) is 19.1 Å². The van der Waals surface area contributed by atoms with E-state index in [1.165, 1.54) is 49.0 Å². The van der Waals surface area contributed by atoms with Gasteiger partial charge in [-0.25, -0.2) is 4.98 Å². The molecular formula is C60H58GeIrN4O-2. The number of imidazole rings is 1. The molecule has 4 heterocycles. The third-order valence-electron chi connectivity index (χ3n) is 12.6. The van der Waals surface area contributed by atoms with Gasteiger partial charge in [0.1, 0.15) is 0 Å². The maximum absolute atomic E-state index is 6.44. The van der Waals surface area contributed by atoms with Gasteiger partial charge in [-0.2, -0.15) is 0 Å². The second-order valence-corrected chi connectivity index (χ2v) is 29.9. The molecule has 0 aliphatic rings. The number of hydrogen-bond donors (Lipinski definition) is 0. The fraction of sp³-hybridized carbons (Fsp3) is 0.217. The molecule has 0 amide bonds. The summed E-state index contributed by atoms with van der Waals surface area (Å²) >= 11 is -2.03. The van der Waals surface area contributed by atoms with E-state index >= 15 is 0 Å². The van der Waals surface area contributed by atoms with Crippen LogP contribution in [-0.4, -0.2) is 32.8 Å². The minimum absolute atomic E-state index is 0. The Morgan fingerprint density at radius 1 is 0.612 bits per heavy atom. The summed E-state index contributed by atoms with van der Waals surface area (Å²) in [5.74, 6) is 9.24. The van der Waals surface area contributed by atoms with Gasteiger partial charge in [-0.3, -0.25) is 4.98 Å². The van der Waals surface area contributed by atoms with E-state index in [0.717, 1.165) is 55.7 Å². The number of nitrogens with zero attached hydrogens (tertiary/aromatic N) is 4. The van der Waals surface area contributed by atoms with Gasteiger partial charge in [0.2, 0.25) is 5.71 Å². The zero-order valence-electron chi connectivity index (χ0n) is 40.2. The molecule has 6 aromatic carbocycles. The Labute approximate surface area is 412 Å². The van der Waals surface area contributed by atoms with E-state index in [9.17, 15) is 0 Å². The first kappa shape index (κ1) is 47.6. The van der Waals surface area contributed by atoms with Crippen molar-refractivity contribution in [2.24, 2.45) is 0 Å². The summed E-state index contributed by atoms with van der Waals surface area (Å²) < 4.78 is 10.2. The van der Waals surface area contributed by atoms with E-state index in [0.29, 0.717) is 23.5 Å². The van der Waals surface area contributed by atoms with Crippen LogP contribution in [0.5, 0.6) is 0 Å². The predicted octanol–water partition coefficient (Wildman–Crippen LogP) is 15.9. The average Bonchev–Trinajstić information content (AvgIpc) is 3.89. The van der Waals surface area contributed by atoms with Gasteiger partial charge in [-0.05, 0) is 77.4 Å². The van der Waals surface area contributed by atoms with Gasteiger partial charge in [0.15, 0.2) is 0 Å². The fourth-order valence-corrected chi connectivity index (χ4v) is 12.1. The standard InChI is InChI=1S/C37H32N3O.C23H26GeN.Ir/c1-22(2)30-20-26(25-12-7-6-8-13-25)21-31(23(3)4)34(30)40-33-17-10-9-16-32(33)39-36(40)29-15-11-14-27-28-19-18-24(5)38-37(28)41-35(27)29;1-17(2)18-11-13-19(14-12-18)21-15-23(20-9-7-6-8-10-20)25-16-22(21)24(3,4)5;/h6-14,16-23H,1-5H3;6-9,11-17H,1-5H3;/q2*-1;. The second kappa shape index (κ2) is 19.7. The first-order chi connectivity index (χ1) is 31.8. The number of benzene rings is 6. The number of furan rings is 1. The van der Waals surface area contributed by atoms with Gasteiger partial charge in [-0.15, -0.1) is 18.2 Å². The van der Waals surface area contributed by atoms with Gasteiger partial charge < -0.3 is 8.98 Å². The van der Waals surface area contributed by atoms with E-state index in [1.54, 1.807) is 0 Å². The normalized spacial score (nSPS) is 11.7. The molecule has 7 heteroatoms. The van der Waals surface area contributed by atoms with Crippen LogP contribution in [0.4, 0.5) is 0 Å². The zero-order chi connectivity index (χ0) is 46.3.